The van der Waals surface area contributed by atoms with Crippen LogP contribution in [0.2, 0.25) is 5.02 Å². The Balaban J connectivity index is 1.31. The predicted octanol–water partition coefficient (Wildman–Crippen LogP) is 8.13. The molecule has 1 heterocycles. The minimum Gasteiger partial charge on any atom is -0.496 e. The maximum Gasteiger partial charge on any atom is 0.244 e. The maximum absolute atomic E-state index is 13.6. The highest BCUT2D eigenvalue weighted by Gasteiger charge is 2.24. The molecule has 206 valence electrons. The van der Waals surface area contributed by atoms with Gasteiger partial charge >= 0.3 is 0 Å². The summed E-state index contributed by atoms with van der Waals surface area (Å²) >= 11 is 8.71. The van der Waals surface area contributed by atoms with Crippen molar-refractivity contribution in [3.05, 3.63) is 125 Å². The van der Waals surface area contributed by atoms with Crippen LogP contribution in [0.5, 0.6) is 5.75 Å². The molecule has 0 saturated carbocycles. The number of methoxy groups -OCH3 is 1. The van der Waals surface area contributed by atoms with Crippen molar-refractivity contribution >= 4 is 57.3 Å². The number of nitrogens with one attached hydrogen (secondary N) is 2. The SMILES string of the molecule is COc1ccccc1-c1csc(NC(=O)C(Sc2cccc(NC(=O)Cc3ccc(Cl)cc3)c2)c2ccccc2)n1. The topological polar surface area (TPSA) is 80.3 Å². The molecule has 1 aromatic heterocycles. The average Bonchev–Trinajstić information content (AvgIpc) is 3.46. The van der Waals surface area contributed by atoms with Gasteiger partial charge in [0.25, 0.3) is 0 Å². The third-order valence-corrected chi connectivity index (χ3v) is 8.37. The summed E-state index contributed by atoms with van der Waals surface area (Å²) in [7, 11) is 1.62. The number of thiazole rings is 1. The number of benzene rings is 4. The summed E-state index contributed by atoms with van der Waals surface area (Å²) in [6.45, 7) is 0. The third kappa shape index (κ3) is 7.55. The van der Waals surface area contributed by atoms with Gasteiger partial charge in [-0.15, -0.1) is 23.1 Å². The standard InChI is InChI=1S/C32H26ClN3O3S2/c1-39-28-13-6-5-12-26(28)27-20-40-32(35-27)36-31(38)30(22-8-3-2-4-9-22)41-25-11-7-10-24(19-25)34-29(37)18-21-14-16-23(33)17-15-21/h2-17,19-20,30H,18H2,1H3,(H,34,37)(H,35,36,38). The number of carbonyl (C=O) groups is 2. The van der Waals surface area contributed by atoms with E-state index in [-0.39, 0.29) is 18.2 Å². The van der Waals surface area contributed by atoms with Gasteiger partial charge in [-0.3, -0.25) is 9.59 Å². The molecule has 0 aliphatic carbocycles. The lowest BCUT2D eigenvalue weighted by atomic mass is 10.1. The lowest BCUT2D eigenvalue weighted by molar-refractivity contribution is -0.116. The summed E-state index contributed by atoms with van der Waals surface area (Å²) < 4.78 is 5.46. The Kier molecular flexibility index (Phi) is 9.36. The van der Waals surface area contributed by atoms with Crippen LogP contribution in [0.1, 0.15) is 16.4 Å². The van der Waals surface area contributed by atoms with E-state index in [0.29, 0.717) is 21.6 Å². The molecule has 41 heavy (non-hydrogen) atoms. The van der Waals surface area contributed by atoms with Gasteiger partial charge in [-0.05, 0) is 53.6 Å². The number of carbonyl (C=O) groups excluding carboxylic acids is 2. The Morgan fingerprint density at radius 2 is 1.68 bits per heavy atom. The molecule has 5 rings (SSSR count). The third-order valence-electron chi connectivity index (χ3n) is 6.11. The van der Waals surface area contributed by atoms with Crippen molar-refractivity contribution in [3.63, 3.8) is 0 Å². The van der Waals surface area contributed by atoms with Crippen LogP contribution in [-0.2, 0) is 16.0 Å². The van der Waals surface area contributed by atoms with E-state index in [1.54, 1.807) is 19.2 Å². The fourth-order valence-electron chi connectivity index (χ4n) is 4.16. The van der Waals surface area contributed by atoms with Crippen molar-refractivity contribution in [2.75, 3.05) is 17.7 Å². The van der Waals surface area contributed by atoms with E-state index < -0.39 is 5.25 Å². The van der Waals surface area contributed by atoms with Gasteiger partial charge in [0.15, 0.2) is 5.13 Å². The Labute approximate surface area is 251 Å². The molecule has 4 aromatic carbocycles. The van der Waals surface area contributed by atoms with Crippen LogP contribution in [0.4, 0.5) is 10.8 Å². The van der Waals surface area contributed by atoms with Crippen LogP contribution < -0.4 is 15.4 Å². The minimum atomic E-state index is -0.546. The summed E-state index contributed by atoms with van der Waals surface area (Å²) in [6.07, 6.45) is 0.230. The van der Waals surface area contributed by atoms with Gasteiger partial charge in [-0.2, -0.15) is 0 Å². The summed E-state index contributed by atoms with van der Waals surface area (Å²) in [5.74, 6) is 0.384. The van der Waals surface area contributed by atoms with Gasteiger partial charge in [0.05, 0.1) is 19.2 Å². The predicted molar refractivity (Wildman–Crippen MR) is 168 cm³/mol. The zero-order valence-corrected chi connectivity index (χ0v) is 24.4. The molecular weight excluding hydrogens is 574 g/mol. The Hall–Kier alpha value is -4.11. The molecule has 9 heteroatoms. The monoisotopic (exact) mass is 599 g/mol. The summed E-state index contributed by atoms with van der Waals surface area (Å²) in [4.78, 5) is 31.7. The number of halogens is 1. The summed E-state index contributed by atoms with van der Waals surface area (Å²) in [5.41, 5.74) is 3.97. The van der Waals surface area contributed by atoms with Gasteiger partial charge in [0, 0.05) is 26.5 Å². The van der Waals surface area contributed by atoms with Gasteiger partial charge < -0.3 is 15.4 Å². The van der Waals surface area contributed by atoms with Crippen LogP contribution in [0.25, 0.3) is 11.3 Å². The molecule has 0 spiro atoms. The molecule has 0 bridgehead atoms. The number of anilines is 2. The highest BCUT2D eigenvalue weighted by atomic mass is 35.5. The smallest absolute Gasteiger partial charge is 0.244 e. The Morgan fingerprint density at radius 1 is 0.927 bits per heavy atom. The molecule has 1 unspecified atom stereocenters. The minimum absolute atomic E-state index is 0.138. The van der Waals surface area contributed by atoms with Crippen molar-refractivity contribution in [2.45, 2.75) is 16.6 Å². The molecule has 0 radical (unpaired) electrons. The van der Waals surface area contributed by atoms with Gasteiger partial charge in [0.1, 0.15) is 11.0 Å². The highest BCUT2D eigenvalue weighted by molar-refractivity contribution is 8.00. The summed E-state index contributed by atoms with van der Waals surface area (Å²) in [6, 6.07) is 31.9. The molecule has 1 atom stereocenters. The van der Waals surface area contributed by atoms with Gasteiger partial charge in [0.2, 0.25) is 11.8 Å². The molecule has 2 amide bonds. The number of amides is 2. The van der Waals surface area contributed by atoms with Gasteiger partial charge in [-0.1, -0.05) is 72.3 Å². The van der Waals surface area contributed by atoms with Crippen molar-refractivity contribution in [1.82, 2.24) is 4.98 Å². The Morgan fingerprint density at radius 3 is 2.46 bits per heavy atom. The summed E-state index contributed by atoms with van der Waals surface area (Å²) in [5, 5.41) is 8.42. The molecule has 6 nitrogen and oxygen atoms in total. The van der Waals surface area contributed by atoms with E-state index in [2.05, 4.69) is 15.6 Å². The Bertz CT molecular complexity index is 1640. The molecule has 0 aliphatic rings. The van der Waals surface area contributed by atoms with Crippen molar-refractivity contribution in [2.24, 2.45) is 0 Å². The van der Waals surface area contributed by atoms with Crippen LogP contribution in [-0.4, -0.2) is 23.9 Å². The van der Waals surface area contributed by atoms with E-state index >= 15 is 0 Å². The molecule has 5 aromatic rings. The molecule has 0 fully saturated rings. The number of para-hydroxylation sites is 1. The largest absolute Gasteiger partial charge is 0.496 e. The number of ether oxygens (including phenoxy) is 1. The zero-order valence-electron chi connectivity index (χ0n) is 22.0. The molecule has 2 N–H and O–H groups in total. The zero-order chi connectivity index (χ0) is 28.6. The molecular formula is C32H26ClN3O3S2. The second-order valence-electron chi connectivity index (χ2n) is 9.02. The lowest BCUT2D eigenvalue weighted by Crippen LogP contribution is -2.19. The van der Waals surface area contributed by atoms with E-state index in [1.807, 2.05) is 96.4 Å². The van der Waals surface area contributed by atoms with Crippen LogP contribution >= 0.6 is 34.7 Å². The molecule has 0 aliphatic heterocycles. The van der Waals surface area contributed by atoms with Gasteiger partial charge in [-0.25, -0.2) is 4.98 Å². The first-order chi connectivity index (χ1) is 20.0. The van der Waals surface area contributed by atoms with Crippen molar-refractivity contribution in [1.29, 1.82) is 0 Å². The first-order valence-electron chi connectivity index (χ1n) is 12.7. The maximum atomic E-state index is 13.6. The fourth-order valence-corrected chi connectivity index (χ4v) is 6.08. The van der Waals surface area contributed by atoms with Crippen LogP contribution in [0.15, 0.2) is 113 Å². The van der Waals surface area contributed by atoms with Crippen LogP contribution in [0.3, 0.4) is 0 Å². The lowest BCUT2D eigenvalue weighted by Gasteiger charge is -2.17. The first-order valence-corrected chi connectivity index (χ1v) is 14.9. The number of rotatable bonds is 10. The van der Waals surface area contributed by atoms with E-state index in [1.165, 1.54) is 23.1 Å². The first kappa shape index (κ1) is 28.4. The number of thioether (sulfide) groups is 1. The number of aromatic nitrogens is 1. The second kappa shape index (κ2) is 13.5. The number of hydrogen-bond acceptors (Lipinski definition) is 6. The van der Waals surface area contributed by atoms with Crippen LogP contribution in [0, 0.1) is 0 Å². The van der Waals surface area contributed by atoms with E-state index in [0.717, 1.165) is 27.3 Å². The van der Waals surface area contributed by atoms with E-state index in [4.69, 9.17) is 16.3 Å². The highest BCUT2D eigenvalue weighted by Crippen LogP contribution is 2.38. The quantitative estimate of drug-likeness (QED) is 0.158. The van der Waals surface area contributed by atoms with Crippen molar-refractivity contribution in [3.8, 4) is 17.0 Å². The molecule has 0 saturated heterocycles. The second-order valence-corrected chi connectivity index (χ2v) is 11.5. The normalized spacial score (nSPS) is 11.5. The number of nitrogens with zero attached hydrogens (tertiary/aromatic N) is 1. The number of hydrogen-bond donors (Lipinski definition) is 2. The van der Waals surface area contributed by atoms with E-state index in [9.17, 15) is 9.59 Å². The average molecular weight is 600 g/mol. The fraction of sp³-hybridized carbons (Fsp3) is 0.0938. The van der Waals surface area contributed by atoms with Crippen molar-refractivity contribution < 1.29 is 14.3 Å².